The number of ether oxygens (including phenoxy) is 2. The van der Waals surface area contributed by atoms with Crippen molar-refractivity contribution < 1.29 is 33.0 Å². The number of halogens is 1. The second-order valence-electron chi connectivity index (χ2n) is 16.7. The lowest BCUT2D eigenvalue weighted by Gasteiger charge is -2.40. The number of imide groups is 1. The van der Waals surface area contributed by atoms with Gasteiger partial charge in [0.1, 0.15) is 11.9 Å². The number of amides is 5. The zero-order valence-corrected chi connectivity index (χ0v) is 34.3. The highest BCUT2D eigenvalue weighted by molar-refractivity contribution is 6.01. The minimum Gasteiger partial charge on any atom is -0.451 e. The molecule has 2 aromatic carbocycles. The van der Waals surface area contributed by atoms with Crippen molar-refractivity contribution in [2.75, 3.05) is 111 Å². The first-order valence-corrected chi connectivity index (χ1v) is 21.2. The molecule has 61 heavy (non-hydrogen) atoms. The zero-order valence-electron chi connectivity index (χ0n) is 34.3. The lowest BCUT2D eigenvalue weighted by molar-refractivity contribution is -0.133. The summed E-state index contributed by atoms with van der Waals surface area (Å²) in [6, 6.07) is 8.32. The Kier molecular flexibility index (Phi) is 11.3. The summed E-state index contributed by atoms with van der Waals surface area (Å²) >= 11 is 0. The highest BCUT2D eigenvalue weighted by Crippen LogP contribution is 2.47. The van der Waals surface area contributed by atoms with Gasteiger partial charge in [0.15, 0.2) is 23.0 Å². The van der Waals surface area contributed by atoms with E-state index >= 15 is 4.39 Å². The highest BCUT2D eigenvalue weighted by atomic mass is 19.1. The van der Waals surface area contributed by atoms with Crippen LogP contribution in [0.3, 0.4) is 0 Å². The number of benzene rings is 2. The van der Waals surface area contributed by atoms with Crippen molar-refractivity contribution in [3.63, 3.8) is 0 Å². The number of carbonyl (C=O) groups excluding carboxylic acids is 4. The van der Waals surface area contributed by atoms with E-state index < -0.39 is 17.8 Å². The van der Waals surface area contributed by atoms with Crippen LogP contribution in [-0.4, -0.2) is 152 Å². The van der Waals surface area contributed by atoms with Crippen LogP contribution in [0.15, 0.2) is 30.3 Å². The molecule has 6 aliphatic rings. The Balaban J connectivity index is 0.769. The van der Waals surface area contributed by atoms with Gasteiger partial charge in [0.2, 0.25) is 24.6 Å². The quantitative estimate of drug-likeness (QED) is 0.204. The normalized spacial score (nSPS) is 22.5. The van der Waals surface area contributed by atoms with Crippen LogP contribution in [0, 0.1) is 11.7 Å². The Labute approximate surface area is 352 Å². The summed E-state index contributed by atoms with van der Waals surface area (Å²) in [6.07, 6.45) is 4.46. The fraction of sp³-hybridized carbons (Fsp3) is 0.537. The maximum Gasteiger partial charge on any atom is 0.320 e. The summed E-state index contributed by atoms with van der Waals surface area (Å²) in [5.41, 5.74) is 8.04. The standard InChI is InChI=1S/C41H52FN13O6/c1-50-15-20-55(41(50)59)27-3-2-12-54(23-27)40-47-38(34(37(43)57)48-49-40)44-26-4-7-31(28(42)21-26)53-18-16-51(17-19-53)22-25-10-13-52(14-11-25)32-8-5-29(35-36(32)61-24-60-35)45-30-6-9-33(56)46-39(30)58/h4-5,7-8,21,25,27,30,45H,2-3,6,9-20,22-24H2,1H3,(H2,43,57)(H,44,47,49)(H,46,56,58)/t27-,30?/m1/s1. The molecule has 9 rings (SSSR count). The van der Waals surface area contributed by atoms with Crippen LogP contribution in [0.2, 0.25) is 0 Å². The van der Waals surface area contributed by atoms with Gasteiger partial charge in [-0.25, -0.2) is 9.18 Å². The number of nitrogens with one attached hydrogen (secondary N) is 3. The average Bonchev–Trinajstić information content (AvgIpc) is 3.89. The number of urea groups is 1. The van der Waals surface area contributed by atoms with E-state index in [1.54, 1.807) is 24.1 Å². The minimum atomic E-state index is -0.808. The second-order valence-corrected chi connectivity index (χ2v) is 16.7. The highest BCUT2D eigenvalue weighted by Gasteiger charge is 2.36. The van der Waals surface area contributed by atoms with Gasteiger partial charge in [-0.05, 0) is 68.4 Å². The largest absolute Gasteiger partial charge is 0.451 e. The van der Waals surface area contributed by atoms with Crippen LogP contribution in [0.1, 0.15) is 49.0 Å². The van der Waals surface area contributed by atoms with Crippen LogP contribution in [0.4, 0.5) is 43.7 Å². The number of primary amides is 1. The van der Waals surface area contributed by atoms with E-state index in [0.717, 1.165) is 64.1 Å². The predicted octanol–water partition coefficient (Wildman–Crippen LogP) is 2.17. The van der Waals surface area contributed by atoms with Crippen LogP contribution < -0.4 is 45.9 Å². The van der Waals surface area contributed by atoms with Gasteiger partial charge in [0.25, 0.3) is 5.91 Å². The first-order valence-electron chi connectivity index (χ1n) is 21.2. The Morgan fingerprint density at radius 2 is 1.66 bits per heavy atom. The molecule has 3 aromatic rings. The summed E-state index contributed by atoms with van der Waals surface area (Å²) in [5.74, 6) is 0.385. The number of piperazine rings is 1. The number of aromatic nitrogens is 3. The monoisotopic (exact) mass is 841 g/mol. The van der Waals surface area contributed by atoms with E-state index in [0.29, 0.717) is 86.1 Å². The molecule has 1 unspecified atom stereocenters. The number of anilines is 6. The van der Waals surface area contributed by atoms with Crippen LogP contribution >= 0.6 is 0 Å². The predicted molar refractivity (Wildman–Crippen MR) is 224 cm³/mol. The number of piperidine rings is 3. The second kappa shape index (κ2) is 17.1. The van der Waals surface area contributed by atoms with Crippen molar-refractivity contribution in [2.45, 2.75) is 50.6 Å². The van der Waals surface area contributed by atoms with E-state index in [2.05, 4.69) is 45.8 Å². The maximum atomic E-state index is 15.8. The molecule has 2 atom stereocenters. The van der Waals surface area contributed by atoms with E-state index in [1.807, 2.05) is 21.9 Å². The van der Waals surface area contributed by atoms with Gasteiger partial charge in [-0.3, -0.25) is 24.6 Å². The molecule has 5 saturated heterocycles. The molecule has 19 nitrogen and oxygen atoms in total. The Morgan fingerprint density at radius 3 is 2.39 bits per heavy atom. The van der Waals surface area contributed by atoms with Crippen molar-refractivity contribution in [1.82, 2.24) is 35.2 Å². The number of nitrogens with two attached hydrogens (primary N) is 1. The average molecular weight is 842 g/mol. The van der Waals surface area contributed by atoms with E-state index in [4.69, 9.17) is 15.2 Å². The summed E-state index contributed by atoms with van der Waals surface area (Å²) in [7, 11) is 1.80. The molecule has 1 aromatic heterocycles. The van der Waals surface area contributed by atoms with Crippen molar-refractivity contribution in [3.05, 3.63) is 41.8 Å². The molecule has 0 aliphatic carbocycles. The number of carbonyl (C=O) groups is 4. The molecule has 7 heterocycles. The first-order chi connectivity index (χ1) is 29.6. The molecule has 20 heteroatoms. The molecule has 5 N–H and O–H groups in total. The zero-order chi connectivity index (χ0) is 42.2. The van der Waals surface area contributed by atoms with Crippen molar-refractivity contribution >= 4 is 58.3 Å². The van der Waals surface area contributed by atoms with Crippen LogP contribution in [0.5, 0.6) is 11.5 Å². The number of nitrogens with zero attached hydrogens (tertiary/aromatic N) is 9. The molecule has 0 spiro atoms. The van der Waals surface area contributed by atoms with Gasteiger partial charge in [-0.1, -0.05) is 0 Å². The van der Waals surface area contributed by atoms with E-state index in [9.17, 15) is 19.2 Å². The molecular formula is C41H52FN13O6. The number of rotatable bonds is 11. The third-order valence-electron chi connectivity index (χ3n) is 12.7. The number of likely N-dealkylation sites (N-methyl/N-ethyl adjacent to an activating group) is 1. The molecule has 0 radical (unpaired) electrons. The first kappa shape index (κ1) is 40.2. The third-order valence-corrected chi connectivity index (χ3v) is 12.7. The molecule has 324 valence electrons. The molecular weight excluding hydrogens is 790 g/mol. The summed E-state index contributed by atoms with van der Waals surface area (Å²) in [4.78, 5) is 66.0. The molecule has 6 aliphatic heterocycles. The van der Waals surface area contributed by atoms with Crippen LogP contribution in [-0.2, 0) is 9.59 Å². The maximum absolute atomic E-state index is 15.8. The lowest BCUT2D eigenvalue weighted by Crippen LogP contribution is -2.49. The smallest absolute Gasteiger partial charge is 0.320 e. The van der Waals surface area contributed by atoms with Gasteiger partial charge >= 0.3 is 6.03 Å². The van der Waals surface area contributed by atoms with Gasteiger partial charge < -0.3 is 50.3 Å². The van der Waals surface area contributed by atoms with Gasteiger partial charge in [0, 0.05) is 91.1 Å². The SMILES string of the molecule is CN1CCN([C@@H]2CCCN(c3nnc(C(N)=O)c(Nc4ccc(N5CCN(CC6CCN(c7ccc(NC8CCC(=O)NC8=O)c8c7OCO8)CC6)CC5)c(F)c4)n3)C2)C1=O. The lowest BCUT2D eigenvalue weighted by atomic mass is 9.95. The van der Waals surface area contributed by atoms with Crippen molar-refractivity contribution in [2.24, 2.45) is 11.7 Å². The summed E-state index contributed by atoms with van der Waals surface area (Å²) < 4.78 is 27.5. The molecule has 0 saturated carbocycles. The van der Waals surface area contributed by atoms with Gasteiger partial charge in [0.05, 0.1) is 23.1 Å². The number of hydrogen-bond donors (Lipinski definition) is 4. The van der Waals surface area contributed by atoms with Crippen molar-refractivity contribution in [1.29, 1.82) is 0 Å². The molecule has 5 fully saturated rings. The topological polar surface area (TPSA) is 207 Å². The van der Waals surface area contributed by atoms with Crippen molar-refractivity contribution in [3.8, 4) is 11.5 Å². The fourth-order valence-corrected chi connectivity index (χ4v) is 9.34. The summed E-state index contributed by atoms with van der Waals surface area (Å²) in [5, 5.41) is 17.0. The molecule has 0 bridgehead atoms. The number of hydrogen-bond acceptors (Lipinski definition) is 15. The van der Waals surface area contributed by atoms with E-state index in [-0.39, 0.29) is 48.6 Å². The fourth-order valence-electron chi connectivity index (χ4n) is 9.34. The Morgan fingerprint density at radius 1 is 0.885 bits per heavy atom. The van der Waals surface area contributed by atoms with E-state index in [1.165, 1.54) is 6.07 Å². The summed E-state index contributed by atoms with van der Waals surface area (Å²) in [6.45, 7) is 8.38. The molecule has 5 amide bonds. The van der Waals surface area contributed by atoms with Crippen LogP contribution in [0.25, 0.3) is 0 Å². The Hall–Kier alpha value is -6.18. The van der Waals surface area contributed by atoms with Gasteiger partial charge in [-0.2, -0.15) is 4.98 Å². The number of fused-ring (bicyclic) bond motifs is 1. The minimum absolute atomic E-state index is 0.00676. The third kappa shape index (κ3) is 8.44. The van der Waals surface area contributed by atoms with Gasteiger partial charge in [-0.15, -0.1) is 10.2 Å². The Bertz CT molecular complexity index is 2180.